The van der Waals surface area contributed by atoms with E-state index in [1.807, 2.05) is 42.5 Å². The number of anilines is 2. The zero-order valence-electron chi connectivity index (χ0n) is 18.2. The highest BCUT2D eigenvalue weighted by atomic mass is 35.5. The molecule has 0 atom stereocenters. The summed E-state index contributed by atoms with van der Waals surface area (Å²) < 4.78 is 7.29. The molecule has 3 aromatic rings. The van der Waals surface area contributed by atoms with Crippen LogP contribution in [-0.4, -0.2) is 53.9 Å². The number of aromatic nitrogens is 2. The Hall–Kier alpha value is -3.03. The van der Waals surface area contributed by atoms with Gasteiger partial charge in [0.15, 0.2) is 0 Å². The molecule has 0 amide bonds. The Balaban J connectivity index is 1.26. The van der Waals surface area contributed by atoms with Crippen molar-refractivity contribution in [3.05, 3.63) is 81.7 Å². The van der Waals surface area contributed by atoms with Gasteiger partial charge in [-0.15, -0.1) is 0 Å². The van der Waals surface area contributed by atoms with Crippen LogP contribution in [0.15, 0.2) is 65.6 Å². The summed E-state index contributed by atoms with van der Waals surface area (Å²) in [6, 6.07) is 18.2. The summed E-state index contributed by atoms with van der Waals surface area (Å²) in [5.74, 6) is 0.856. The van der Waals surface area contributed by atoms with Crippen LogP contribution in [0.2, 0.25) is 5.02 Å². The topological polar surface area (TPSA) is 62.6 Å². The Morgan fingerprint density at radius 2 is 1.75 bits per heavy atom. The summed E-state index contributed by atoms with van der Waals surface area (Å²) in [5.41, 5.74) is 2.60. The molecule has 7 nitrogen and oxygen atoms in total. The van der Waals surface area contributed by atoms with Gasteiger partial charge < -0.3 is 15.0 Å². The van der Waals surface area contributed by atoms with Gasteiger partial charge in [-0.3, -0.25) is 9.69 Å². The highest BCUT2D eigenvalue weighted by Crippen LogP contribution is 2.25. The third-order valence-corrected chi connectivity index (χ3v) is 6.00. The molecule has 0 bridgehead atoms. The third kappa shape index (κ3) is 5.41. The van der Waals surface area contributed by atoms with Crippen molar-refractivity contribution >= 4 is 23.0 Å². The summed E-state index contributed by atoms with van der Waals surface area (Å²) in [4.78, 5) is 16.6. The van der Waals surface area contributed by atoms with Crippen LogP contribution in [0.4, 0.5) is 11.4 Å². The Bertz CT molecular complexity index is 1080. The van der Waals surface area contributed by atoms with E-state index in [1.54, 1.807) is 13.2 Å². The lowest BCUT2D eigenvalue weighted by Gasteiger charge is -2.36. The Kier molecular flexibility index (Phi) is 7.29. The van der Waals surface area contributed by atoms with Crippen molar-refractivity contribution in [2.24, 2.45) is 7.05 Å². The fourth-order valence-corrected chi connectivity index (χ4v) is 4.05. The number of para-hydroxylation sites is 2. The van der Waals surface area contributed by atoms with Gasteiger partial charge in [0, 0.05) is 46.3 Å². The molecule has 32 heavy (non-hydrogen) atoms. The smallest absolute Gasteiger partial charge is 0.287 e. The number of benzene rings is 2. The molecule has 168 valence electrons. The maximum Gasteiger partial charge on any atom is 0.287 e. The first-order chi connectivity index (χ1) is 15.6. The second-order valence-electron chi connectivity index (χ2n) is 7.80. The van der Waals surface area contributed by atoms with E-state index in [0.717, 1.165) is 62.0 Å². The number of hydrogen-bond donors (Lipinski definition) is 1. The van der Waals surface area contributed by atoms with Gasteiger partial charge in [-0.05, 0) is 17.7 Å². The largest absolute Gasteiger partial charge is 0.487 e. The molecule has 1 aromatic heterocycles. The minimum Gasteiger partial charge on any atom is -0.487 e. The van der Waals surface area contributed by atoms with Crippen LogP contribution in [0.5, 0.6) is 5.75 Å². The van der Waals surface area contributed by atoms with Gasteiger partial charge in [-0.25, -0.2) is 4.68 Å². The van der Waals surface area contributed by atoms with Gasteiger partial charge in [-0.1, -0.05) is 54.1 Å². The number of rotatable bonds is 8. The molecule has 0 radical (unpaired) electrons. The number of ether oxygens (including phenoxy) is 1. The summed E-state index contributed by atoms with van der Waals surface area (Å²) in [5, 5.41) is 7.85. The molecule has 1 N–H and O–H groups in total. The predicted octanol–water partition coefficient (Wildman–Crippen LogP) is 3.25. The molecular weight excluding hydrogens is 426 g/mol. The fraction of sp³-hybridized carbons (Fsp3) is 0.333. The minimum atomic E-state index is -0.260. The molecule has 1 saturated heterocycles. The minimum absolute atomic E-state index is 0.240. The van der Waals surface area contributed by atoms with E-state index >= 15 is 0 Å². The first kappa shape index (κ1) is 22.2. The van der Waals surface area contributed by atoms with Crippen molar-refractivity contribution in [3.8, 4) is 5.75 Å². The van der Waals surface area contributed by atoms with Crippen LogP contribution in [0.25, 0.3) is 0 Å². The zero-order valence-corrected chi connectivity index (χ0v) is 19.0. The molecule has 1 fully saturated rings. The van der Waals surface area contributed by atoms with Crippen molar-refractivity contribution in [1.29, 1.82) is 0 Å². The first-order valence-electron chi connectivity index (χ1n) is 10.8. The zero-order chi connectivity index (χ0) is 22.3. The predicted molar refractivity (Wildman–Crippen MR) is 129 cm³/mol. The molecule has 4 rings (SSSR count). The highest BCUT2D eigenvalue weighted by molar-refractivity contribution is 6.33. The molecule has 2 heterocycles. The number of nitrogens with zero attached hydrogens (tertiary/aromatic N) is 4. The van der Waals surface area contributed by atoms with Crippen LogP contribution in [0, 0.1) is 0 Å². The van der Waals surface area contributed by atoms with Crippen LogP contribution < -0.4 is 20.5 Å². The van der Waals surface area contributed by atoms with Crippen molar-refractivity contribution in [2.75, 3.05) is 49.5 Å². The van der Waals surface area contributed by atoms with E-state index in [-0.39, 0.29) is 10.6 Å². The average Bonchev–Trinajstić information content (AvgIpc) is 2.83. The lowest BCUT2D eigenvalue weighted by Crippen LogP contribution is -2.48. The summed E-state index contributed by atoms with van der Waals surface area (Å²) in [7, 11) is 1.60. The second-order valence-corrected chi connectivity index (χ2v) is 8.18. The van der Waals surface area contributed by atoms with Crippen molar-refractivity contribution in [1.82, 2.24) is 14.7 Å². The third-order valence-electron chi connectivity index (χ3n) is 5.64. The van der Waals surface area contributed by atoms with Gasteiger partial charge in [0.25, 0.3) is 5.56 Å². The normalized spacial score (nSPS) is 14.4. The molecule has 1 aliphatic rings. The van der Waals surface area contributed by atoms with Gasteiger partial charge in [0.1, 0.15) is 17.4 Å². The molecule has 1 aliphatic heterocycles. The van der Waals surface area contributed by atoms with Gasteiger partial charge in [0.05, 0.1) is 17.6 Å². The van der Waals surface area contributed by atoms with E-state index < -0.39 is 0 Å². The Morgan fingerprint density at radius 3 is 2.53 bits per heavy atom. The SMILES string of the molecule is Cn1ncc(N2CCN(CCNc3ccccc3OCc3ccccc3)CC2)c(Cl)c1=O. The first-order valence-corrected chi connectivity index (χ1v) is 11.2. The molecule has 8 heteroatoms. The second kappa shape index (κ2) is 10.5. The van der Waals surface area contributed by atoms with Crippen molar-refractivity contribution in [3.63, 3.8) is 0 Å². The monoisotopic (exact) mass is 453 g/mol. The standard InChI is InChI=1S/C24H28ClN5O2/c1-28-24(31)23(25)21(17-27-28)30-15-13-29(14-16-30)12-11-26-20-9-5-6-10-22(20)32-18-19-7-3-2-4-8-19/h2-10,17,26H,11-16,18H2,1H3. The van der Waals surface area contributed by atoms with Gasteiger partial charge in [0.2, 0.25) is 0 Å². The summed E-state index contributed by atoms with van der Waals surface area (Å²) >= 11 is 6.25. The van der Waals surface area contributed by atoms with E-state index in [4.69, 9.17) is 16.3 Å². The number of aryl methyl sites for hydroxylation is 1. The molecule has 0 saturated carbocycles. The van der Waals surface area contributed by atoms with Crippen molar-refractivity contribution < 1.29 is 4.74 Å². The van der Waals surface area contributed by atoms with Gasteiger partial charge in [-0.2, -0.15) is 5.10 Å². The lowest BCUT2D eigenvalue weighted by atomic mass is 10.2. The van der Waals surface area contributed by atoms with E-state index in [2.05, 4.69) is 32.3 Å². The van der Waals surface area contributed by atoms with E-state index in [0.29, 0.717) is 6.61 Å². The number of hydrogen-bond acceptors (Lipinski definition) is 6. The molecule has 0 aliphatic carbocycles. The fourth-order valence-electron chi connectivity index (χ4n) is 3.76. The van der Waals surface area contributed by atoms with Crippen LogP contribution in [0.1, 0.15) is 5.56 Å². The maximum atomic E-state index is 12.0. The van der Waals surface area contributed by atoms with E-state index in [9.17, 15) is 4.79 Å². The summed E-state index contributed by atoms with van der Waals surface area (Å²) in [6.07, 6.45) is 1.67. The highest BCUT2D eigenvalue weighted by Gasteiger charge is 2.20. The lowest BCUT2D eigenvalue weighted by molar-refractivity contribution is 0.267. The molecule has 0 spiro atoms. The van der Waals surface area contributed by atoms with Crippen molar-refractivity contribution in [2.45, 2.75) is 6.61 Å². The van der Waals surface area contributed by atoms with Crippen LogP contribution in [0.3, 0.4) is 0 Å². The van der Waals surface area contributed by atoms with Gasteiger partial charge >= 0.3 is 0 Å². The Labute approximate surface area is 193 Å². The van der Waals surface area contributed by atoms with Crippen LogP contribution in [-0.2, 0) is 13.7 Å². The number of nitrogens with one attached hydrogen (secondary N) is 1. The average molecular weight is 454 g/mol. The molecular formula is C24H28ClN5O2. The molecule has 2 aromatic carbocycles. The quantitative estimate of drug-likeness (QED) is 0.565. The van der Waals surface area contributed by atoms with Crippen LogP contribution >= 0.6 is 11.6 Å². The number of piperazine rings is 1. The maximum absolute atomic E-state index is 12.0. The summed E-state index contributed by atoms with van der Waals surface area (Å²) in [6.45, 7) is 5.71. The number of halogens is 1. The molecule has 0 unspecified atom stereocenters. The van der Waals surface area contributed by atoms with E-state index in [1.165, 1.54) is 4.68 Å². The Morgan fingerprint density at radius 1 is 1.03 bits per heavy atom.